The summed E-state index contributed by atoms with van der Waals surface area (Å²) >= 11 is 0. The molecule has 1 aromatic rings. The highest BCUT2D eigenvalue weighted by Gasteiger charge is 2.44. The molecule has 3 rings (SSSR count). The highest BCUT2D eigenvalue weighted by Crippen LogP contribution is 2.40. The van der Waals surface area contributed by atoms with Gasteiger partial charge < -0.3 is 5.11 Å². The molecule has 0 aromatic heterocycles. The van der Waals surface area contributed by atoms with Gasteiger partial charge in [-0.3, -0.25) is 4.90 Å². The molecule has 0 radical (unpaired) electrons. The summed E-state index contributed by atoms with van der Waals surface area (Å²) in [6, 6.07) is 10.6. The van der Waals surface area contributed by atoms with Gasteiger partial charge in [0.2, 0.25) is 0 Å². The van der Waals surface area contributed by atoms with Crippen LogP contribution in [0.4, 0.5) is 0 Å². The third-order valence-corrected chi connectivity index (χ3v) is 4.44. The molecule has 0 amide bonds. The molecule has 0 saturated carbocycles. The third kappa shape index (κ3) is 1.90. The second-order valence-electron chi connectivity index (χ2n) is 5.44. The summed E-state index contributed by atoms with van der Waals surface area (Å²) in [5.74, 6) is 0. The van der Waals surface area contributed by atoms with Crippen molar-refractivity contribution in [1.29, 1.82) is 0 Å². The lowest BCUT2D eigenvalue weighted by molar-refractivity contribution is -0.0995. The number of nitrogens with zero attached hydrogens (tertiary/aromatic N) is 1. The Morgan fingerprint density at radius 1 is 1.06 bits per heavy atom. The predicted molar refractivity (Wildman–Crippen MR) is 68.8 cm³/mol. The fraction of sp³-hybridized carbons (Fsp3) is 0.600. The first kappa shape index (κ1) is 11.2. The lowest BCUT2D eigenvalue weighted by atomic mass is 9.75. The zero-order chi connectivity index (χ0) is 11.7. The first-order chi connectivity index (χ1) is 8.31. The molecule has 17 heavy (non-hydrogen) atoms. The van der Waals surface area contributed by atoms with E-state index in [0.29, 0.717) is 6.04 Å². The molecule has 0 bridgehead atoms. The Morgan fingerprint density at radius 3 is 2.65 bits per heavy atom. The molecule has 0 spiro atoms. The van der Waals surface area contributed by atoms with Gasteiger partial charge in [-0.1, -0.05) is 36.8 Å². The number of fused-ring (bicyclic) bond motifs is 1. The van der Waals surface area contributed by atoms with E-state index in [4.69, 9.17) is 0 Å². The molecular formula is C15H21NO. The van der Waals surface area contributed by atoms with Crippen LogP contribution in [0, 0.1) is 0 Å². The van der Waals surface area contributed by atoms with Gasteiger partial charge >= 0.3 is 0 Å². The van der Waals surface area contributed by atoms with Crippen LogP contribution in [-0.2, 0) is 5.60 Å². The highest BCUT2D eigenvalue weighted by atomic mass is 16.3. The monoisotopic (exact) mass is 231 g/mol. The first-order valence-corrected chi connectivity index (χ1v) is 6.83. The van der Waals surface area contributed by atoms with Crippen molar-refractivity contribution in [3.8, 4) is 0 Å². The molecule has 1 aromatic carbocycles. The maximum Gasteiger partial charge on any atom is 0.105 e. The van der Waals surface area contributed by atoms with Gasteiger partial charge in [-0.2, -0.15) is 0 Å². The summed E-state index contributed by atoms with van der Waals surface area (Å²) in [4.78, 5) is 2.50. The molecule has 2 nitrogen and oxygen atoms in total. The maximum absolute atomic E-state index is 11.1. The number of piperidine rings is 2. The Balaban J connectivity index is 1.94. The summed E-state index contributed by atoms with van der Waals surface area (Å²) in [6.07, 6.45) is 5.73. The van der Waals surface area contributed by atoms with E-state index in [1.54, 1.807) is 0 Å². The Bertz CT molecular complexity index is 376. The Labute approximate surface area is 103 Å². The summed E-state index contributed by atoms with van der Waals surface area (Å²) < 4.78 is 0. The zero-order valence-electron chi connectivity index (χ0n) is 10.3. The number of hydrogen-bond donors (Lipinski definition) is 1. The second-order valence-corrected chi connectivity index (χ2v) is 5.44. The van der Waals surface area contributed by atoms with Crippen LogP contribution in [0.1, 0.15) is 37.7 Å². The van der Waals surface area contributed by atoms with Crippen molar-refractivity contribution in [1.82, 2.24) is 4.90 Å². The largest absolute Gasteiger partial charge is 0.384 e. The van der Waals surface area contributed by atoms with E-state index in [2.05, 4.69) is 17.0 Å². The van der Waals surface area contributed by atoms with Crippen molar-refractivity contribution >= 4 is 0 Å². The standard InChI is InChI=1S/C15H21NO/c17-15(13-7-2-1-3-8-13)10-6-12-16-11-5-4-9-14(15)16/h1-3,7-8,14,17H,4-6,9-12H2. The lowest BCUT2D eigenvalue weighted by Gasteiger charge is -2.49. The lowest BCUT2D eigenvalue weighted by Crippen LogP contribution is -2.56. The van der Waals surface area contributed by atoms with E-state index in [9.17, 15) is 5.11 Å². The van der Waals surface area contributed by atoms with Crippen molar-refractivity contribution in [2.75, 3.05) is 13.1 Å². The van der Waals surface area contributed by atoms with Crippen molar-refractivity contribution in [3.05, 3.63) is 35.9 Å². The van der Waals surface area contributed by atoms with E-state index < -0.39 is 5.60 Å². The number of aliphatic hydroxyl groups is 1. The topological polar surface area (TPSA) is 23.5 Å². The fourth-order valence-corrected chi connectivity index (χ4v) is 3.58. The zero-order valence-corrected chi connectivity index (χ0v) is 10.3. The molecular weight excluding hydrogens is 210 g/mol. The van der Waals surface area contributed by atoms with Crippen LogP contribution in [0.3, 0.4) is 0 Å². The predicted octanol–water partition coefficient (Wildman–Crippen LogP) is 2.52. The minimum atomic E-state index is -0.611. The van der Waals surface area contributed by atoms with Gasteiger partial charge in [-0.05, 0) is 44.3 Å². The molecule has 2 heterocycles. The summed E-state index contributed by atoms with van der Waals surface area (Å²) in [5.41, 5.74) is 0.497. The van der Waals surface area contributed by atoms with Crippen molar-refractivity contribution < 1.29 is 5.11 Å². The minimum Gasteiger partial charge on any atom is -0.384 e. The molecule has 2 aliphatic heterocycles. The second kappa shape index (κ2) is 4.43. The quantitative estimate of drug-likeness (QED) is 0.803. The van der Waals surface area contributed by atoms with Crippen LogP contribution >= 0.6 is 0 Å². The van der Waals surface area contributed by atoms with E-state index in [1.165, 1.54) is 25.9 Å². The van der Waals surface area contributed by atoms with Crippen LogP contribution in [0.5, 0.6) is 0 Å². The molecule has 2 saturated heterocycles. The number of hydrogen-bond acceptors (Lipinski definition) is 2. The van der Waals surface area contributed by atoms with Gasteiger partial charge in [0.1, 0.15) is 5.60 Å². The number of benzene rings is 1. The molecule has 2 heteroatoms. The summed E-state index contributed by atoms with van der Waals surface area (Å²) in [5, 5.41) is 11.1. The van der Waals surface area contributed by atoms with Crippen LogP contribution in [0.2, 0.25) is 0 Å². The van der Waals surface area contributed by atoms with Gasteiger partial charge in [0.05, 0.1) is 0 Å². The SMILES string of the molecule is OC1(c2ccccc2)CCCN2CCCCC21. The Morgan fingerprint density at radius 2 is 1.82 bits per heavy atom. The molecule has 92 valence electrons. The normalized spacial score (nSPS) is 34.3. The van der Waals surface area contributed by atoms with Crippen molar-refractivity contribution in [2.45, 2.75) is 43.7 Å². The molecule has 2 fully saturated rings. The van der Waals surface area contributed by atoms with Crippen LogP contribution < -0.4 is 0 Å². The Hall–Kier alpha value is -0.860. The molecule has 0 aliphatic carbocycles. The smallest absolute Gasteiger partial charge is 0.105 e. The summed E-state index contributed by atoms with van der Waals surface area (Å²) in [7, 11) is 0. The van der Waals surface area contributed by atoms with Crippen LogP contribution in [0.25, 0.3) is 0 Å². The van der Waals surface area contributed by atoms with E-state index in [-0.39, 0.29) is 0 Å². The van der Waals surface area contributed by atoms with Gasteiger partial charge in [0.25, 0.3) is 0 Å². The van der Waals surface area contributed by atoms with Gasteiger partial charge in [0, 0.05) is 6.04 Å². The molecule has 1 N–H and O–H groups in total. The average molecular weight is 231 g/mol. The fourth-order valence-electron chi connectivity index (χ4n) is 3.58. The minimum absolute atomic E-state index is 0.340. The first-order valence-electron chi connectivity index (χ1n) is 6.83. The number of rotatable bonds is 1. The van der Waals surface area contributed by atoms with Crippen molar-refractivity contribution in [3.63, 3.8) is 0 Å². The van der Waals surface area contributed by atoms with Gasteiger partial charge in [0.15, 0.2) is 0 Å². The molecule has 2 aliphatic rings. The van der Waals surface area contributed by atoms with Gasteiger partial charge in [-0.25, -0.2) is 0 Å². The van der Waals surface area contributed by atoms with Crippen molar-refractivity contribution in [2.24, 2.45) is 0 Å². The summed E-state index contributed by atoms with van der Waals surface area (Å²) in [6.45, 7) is 2.33. The van der Waals surface area contributed by atoms with Gasteiger partial charge in [-0.15, -0.1) is 0 Å². The van der Waals surface area contributed by atoms with Crippen LogP contribution in [0.15, 0.2) is 30.3 Å². The maximum atomic E-state index is 11.1. The highest BCUT2D eigenvalue weighted by molar-refractivity contribution is 5.25. The van der Waals surface area contributed by atoms with E-state index in [1.807, 2.05) is 18.2 Å². The molecule has 2 atom stereocenters. The molecule has 2 unspecified atom stereocenters. The van der Waals surface area contributed by atoms with Crippen LogP contribution in [-0.4, -0.2) is 29.1 Å². The van der Waals surface area contributed by atoms with E-state index >= 15 is 0 Å². The third-order valence-electron chi connectivity index (χ3n) is 4.44. The average Bonchev–Trinajstić information content (AvgIpc) is 2.40. The van der Waals surface area contributed by atoms with E-state index in [0.717, 1.165) is 24.8 Å². The Kier molecular flexibility index (Phi) is 2.93.